The molecule has 2 aromatic carbocycles. The number of hydrogen-bond acceptors (Lipinski definition) is 6. The van der Waals surface area contributed by atoms with Crippen molar-refractivity contribution in [2.24, 2.45) is 10.1 Å². The maximum Gasteiger partial charge on any atom is 0.276 e. The summed E-state index contributed by atoms with van der Waals surface area (Å²) in [4.78, 5) is 17.9. The van der Waals surface area contributed by atoms with Crippen LogP contribution >= 0.6 is 23.4 Å². The molecule has 2 aliphatic heterocycles. The standard InChI is InChI=1S/C22H17ClN4O2S/c1-13-6-11-18(29-13)20-24-17-5-3-2-4-16(17)19-21(28)25-22(26-27(19)20)30-12-14-7-9-15(23)10-8-14/h2-11,20H,12H2,1H3,(H,25,26,28)/t20-/m0/s1. The fourth-order valence-electron chi connectivity index (χ4n) is 3.40. The van der Waals surface area contributed by atoms with Crippen LogP contribution in [0.5, 0.6) is 0 Å². The first-order valence-corrected chi connectivity index (χ1v) is 10.7. The summed E-state index contributed by atoms with van der Waals surface area (Å²) >= 11 is 7.40. The number of nitrogens with one attached hydrogen (secondary N) is 1. The van der Waals surface area contributed by atoms with Crippen LogP contribution in [0.1, 0.15) is 23.2 Å². The highest BCUT2D eigenvalue weighted by molar-refractivity contribution is 8.13. The molecule has 0 spiro atoms. The van der Waals surface area contributed by atoms with E-state index in [9.17, 15) is 4.79 Å². The molecule has 1 amide bonds. The second-order valence-electron chi connectivity index (χ2n) is 6.94. The maximum absolute atomic E-state index is 13.1. The fourth-order valence-corrected chi connectivity index (χ4v) is 4.33. The SMILES string of the molecule is Cc1ccc([C@H]2N=c3ccccc3=C3C(=O)NC(SCc4ccc(Cl)cc4)=NN32)o1. The van der Waals surface area contributed by atoms with Crippen LogP contribution in [0.15, 0.2) is 75.2 Å². The van der Waals surface area contributed by atoms with Gasteiger partial charge in [-0.25, -0.2) is 10.0 Å². The monoisotopic (exact) mass is 436 g/mol. The Balaban J connectivity index is 1.54. The van der Waals surface area contributed by atoms with Crippen molar-refractivity contribution in [3.8, 4) is 0 Å². The number of carbonyl (C=O) groups is 1. The van der Waals surface area contributed by atoms with Crippen LogP contribution in [0.25, 0.3) is 5.70 Å². The first-order chi connectivity index (χ1) is 14.6. The Morgan fingerprint density at radius 3 is 2.70 bits per heavy atom. The van der Waals surface area contributed by atoms with E-state index < -0.39 is 6.17 Å². The van der Waals surface area contributed by atoms with Crippen LogP contribution in [-0.2, 0) is 10.5 Å². The highest BCUT2D eigenvalue weighted by atomic mass is 35.5. The van der Waals surface area contributed by atoms with Crippen molar-refractivity contribution in [2.45, 2.75) is 18.8 Å². The third kappa shape index (κ3) is 3.51. The molecule has 8 heteroatoms. The van der Waals surface area contributed by atoms with Crippen molar-refractivity contribution in [3.63, 3.8) is 0 Å². The van der Waals surface area contributed by atoms with E-state index in [1.54, 1.807) is 5.01 Å². The lowest BCUT2D eigenvalue weighted by Crippen LogP contribution is -2.50. The summed E-state index contributed by atoms with van der Waals surface area (Å²) in [6.45, 7) is 1.88. The van der Waals surface area contributed by atoms with Crippen LogP contribution in [0.4, 0.5) is 0 Å². The third-order valence-corrected chi connectivity index (χ3v) is 6.01. The molecule has 0 unspecified atom stereocenters. The van der Waals surface area contributed by atoms with E-state index in [1.165, 1.54) is 11.8 Å². The number of furan rings is 1. The molecule has 6 nitrogen and oxygen atoms in total. The van der Waals surface area contributed by atoms with Gasteiger partial charge >= 0.3 is 0 Å². The van der Waals surface area contributed by atoms with E-state index in [1.807, 2.05) is 67.6 Å². The van der Waals surface area contributed by atoms with Gasteiger partial charge in [-0.15, -0.1) is 5.10 Å². The quantitative estimate of drug-likeness (QED) is 0.683. The Morgan fingerprint density at radius 2 is 1.93 bits per heavy atom. The lowest BCUT2D eigenvalue weighted by molar-refractivity contribution is -0.116. The fraction of sp³-hybridized carbons (Fsp3) is 0.136. The largest absolute Gasteiger partial charge is 0.462 e. The van der Waals surface area contributed by atoms with Crippen molar-refractivity contribution in [3.05, 3.63) is 93.3 Å². The highest BCUT2D eigenvalue weighted by Crippen LogP contribution is 2.32. The van der Waals surface area contributed by atoms with Gasteiger partial charge in [-0.05, 0) is 42.8 Å². The van der Waals surface area contributed by atoms with Crippen LogP contribution in [0, 0.1) is 6.92 Å². The van der Waals surface area contributed by atoms with E-state index in [4.69, 9.17) is 26.1 Å². The number of hydrazone groups is 1. The first kappa shape index (κ1) is 19.0. The molecule has 0 saturated carbocycles. The number of halogens is 1. The Kier molecular flexibility index (Phi) is 4.84. The minimum Gasteiger partial charge on any atom is -0.462 e. The van der Waals surface area contributed by atoms with Gasteiger partial charge in [0.05, 0.1) is 5.36 Å². The number of fused-ring (bicyclic) bond motifs is 2. The molecule has 1 N–H and O–H groups in total. The van der Waals surface area contributed by atoms with Gasteiger partial charge in [0.25, 0.3) is 5.91 Å². The molecule has 0 fully saturated rings. The van der Waals surface area contributed by atoms with E-state index in [0.717, 1.165) is 21.9 Å². The van der Waals surface area contributed by atoms with E-state index in [-0.39, 0.29) is 5.91 Å². The number of amides is 1. The predicted octanol–water partition coefficient (Wildman–Crippen LogP) is 3.32. The molecule has 5 rings (SSSR count). The Morgan fingerprint density at radius 1 is 1.13 bits per heavy atom. The normalized spacial score (nSPS) is 17.6. The topological polar surface area (TPSA) is 70.2 Å². The van der Waals surface area contributed by atoms with E-state index in [2.05, 4.69) is 5.32 Å². The van der Waals surface area contributed by atoms with Gasteiger partial charge in [0.1, 0.15) is 11.5 Å². The summed E-state index contributed by atoms with van der Waals surface area (Å²) in [5, 5.41) is 12.0. The zero-order valence-corrected chi connectivity index (χ0v) is 17.6. The Hall–Kier alpha value is -3.03. The maximum atomic E-state index is 13.1. The average molecular weight is 437 g/mol. The van der Waals surface area contributed by atoms with Crippen LogP contribution < -0.4 is 15.9 Å². The Labute approximate surface area is 181 Å². The summed E-state index contributed by atoms with van der Waals surface area (Å²) in [5.74, 6) is 1.86. The van der Waals surface area contributed by atoms with Crippen LogP contribution in [-0.4, -0.2) is 16.1 Å². The van der Waals surface area contributed by atoms with Gasteiger partial charge in [0.2, 0.25) is 6.17 Å². The number of hydrogen-bond donors (Lipinski definition) is 1. The number of rotatable bonds is 3. The van der Waals surface area contributed by atoms with Gasteiger partial charge in [-0.2, -0.15) is 0 Å². The molecule has 3 heterocycles. The summed E-state index contributed by atoms with van der Waals surface area (Å²) in [5.41, 5.74) is 1.55. The molecule has 0 radical (unpaired) electrons. The zero-order chi connectivity index (χ0) is 20.7. The minimum atomic E-state index is -0.541. The number of amidine groups is 1. The lowest BCUT2D eigenvalue weighted by atomic mass is 10.1. The zero-order valence-electron chi connectivity index (χ0n) is 16.0. The number of nitrogens with zero attached hydrogens (tertiary/aromatic N) is 3. The molecule has 3 aromatic rings. The summed E-state index contributed by atoms with van der Waals surface area (Å²) in [6.07, 6.45) is -0.541. The third-order valence-electron chi connectivity index (χ3n) is 4.82. The number of benzene rings is 2. The van der Waals surface area contributed by atoms with Gasteiger partial charge in [0.15, 0.2) is 10.9 Å². The summed E-state index contributed by atoms with van der Waals surface area (Å²) in [7, 11) is 0. The molecule has 30 heavy (non-hydrogen) atoms. The molecular weight excluding hydrogens is 420 g/mol. The molecule has 0 saturated heterocycles. The number of aryl methyl sites for hydroxylation is 1. The first-order valence-electron chi connectivity index (χ1n) is 9.38. The number of thioether (sulfide) groups is 1. The minimum absolute atomic E-state index is 0.209. The van der Waals surface area contributed by atoms with Gasteiger partial charge in [-0.1, -0.05) is 53.7 Å². The van der Waals surface area contributed by atoms with Crippen molar-refractivity contribution in [1.29, 1.82) is 0 Å². The van der Waals surface area contributed by atoms with Crippen molar-refractivity contribution >= 4 is 40.1 Å². The second-order valence-corrected chi connectivity index (χ2v) is 8.34. The summed E-state index contributed by atoms with van der Waals surface area (Å²) in [6, 6.07) is 18.9. The van der Waals surface area contributed by atoms with Crippen LogP contribution in [0.3, 0.4) is 0 Å². The van der Waals surface area contributed by atoms with Gasteiger partial charge in [0, 0.05) is 16.0 Å². The van der Waals surface area contributed by atoms with E-state index >= 15 is 0 Å². The number of carbonyl (C=O) groups excluding carboxylic acids is 1. The smallest absolute Gasteiger partial charge is 0.276 e. The van der Waals surface area contributed by atoms with Gasteiger partial charge in [-0.3, -0.25) is 10.1 Å². The average Bonchev–Trinajstić information content (AvgIpc) is 3.18. The molecule has 1 aromatic heterocycles. The highest BCUT2D eigenvalue weighted by Gasteiger charge is 2.35. The molecule has 0 bridgehead atoms. The molecule has 150 valence electrons. The Bertz CT molecular complexity index is 1280. The van der Waals surface area contributed by atoms with Gasteiger partial charge < -0.3 is 4.42 Å². The molecule has 0 aliphatic carbocycles. The molecule has 2 aliphatic rings. The van der Waals surface area contributed by atoms with Crippen molar-refractivity contribution in [2.75, 3.05) is 0 Å². The lowest BCUT2D eigenvalue weighted by Gasteiger charge is -2.32. The molecular formula is C22H17ClN4O2S. The molecule has 1 atom stereocenters. The summed E-state index contributed by atoms with van der Waals surface area (Å²) < 4.78 is 5.83. The van der Waals surface area contributed by atoms with Crippen molar-refractivity contribution in [1.82, 2.24) is 10.3 Å². The van der Waals surface area contributed by atoms with Crippen molar-refractivity contribution < 1.29 is 9.21 Å². The number of para-hydroxylation sites is 1. The van der Waals surface area contributed by atoms with E-state index in [0.29, 0.717) is 27.4 Å². The predicted molar refractivity (Wildman–Crippen MR) is 117 cm³/mol. The van der Waals surface area contributed by atoms with Crippen LogP contribution in [0.2, 0.25) is 5.02 Å². The second kappa shape index (κ2) is 7.66.